The lowest BCUT2D eigenvalue weighted by atomic mass is 10.0. The van der Waals surface area contributed by atoms with Crippen LogP contribution in [0, 0.1) is 5.82 Å². The number of para-hydroxylation sites is 1. The summed E-state index contributed by atoms with van der Waals surface area (Å²) in [7, 11) is 2.42. The van der Waals surface area contributed by atoms with Gasteiger partial charge in [-0.05, 0) is 48.0 Å². The van der Waals surface area contributed by atoms with Gasteiger partial charge in [0, 0.05) is 10.6 Å². The zero-order valence-corrected chi connectivity index (χ0v) is 19.6. The molecule has 0 aliphatic heterocycles. The predicted molar refractivity (Wildman–Crippen MR) is 127 cm³/mol. The highest BCUT2D eigenvalue weighted by Gasteiger charge is 2.32. The number of halogens is 2. The normalized spacial score (nSPS) is 10.6. The quantitative estimate of drug-likeness (QED) is 0.316. The molecule has 1 heterocycles. The molecule has 1 aromatic heterocycles. The maximum absolute atomic E-state index is 13.3. The number of nitrogens with zero attached hydrogens (tertiary/aromatic N) is 2. The Bertz CT molecular complexity index is 1370. The van der Waals surface area contributed by atoms with Gasteiger partial charge in [-0.15, -0.1) is 0 Å². The molecule has 0 aliphatic carbocycles. The number of hydrogen-bond donors (Lipinski definition) is 0. The van der Waals surface area contributed by atoms with Crippen LogP contribution in [0.25, 0.3) is 16.9 Å². The predicted octanol–water partition coefficient (Wildman–Crippen LogP) is 5.48. The summed E-state index contributed by atoms with van der Waals surface area (Å²) in [6.45, 7) is 0.117. The van der Waals surface area contributed by atoms with Gasteiger partial charge in [0.15, 0.2) is 5.69 Å². The fourth-order valence-corrected chi connectivity index (χ4v) is 3.67. The molecule has 0 aliphatic rings. The smallest absolute Gasteiger partial charge is 0.357 e. The van der Waals surface area contributed by atoms with Crippen LogP contribution in [0.4, 0.5) is 4.39 Å². The summed E-state index contributed by atoms with van der Waals surface area (Å²) in [5.41, 5.74) is 1.53. The molecule has 3 aromatic carbocycles. The number of rotatable bonds is 7. The molecule has 0 N–H and O–H groups in total. The Kier molecular flexibility index (Phi) is 7.12. The van der Waals surface area contributed by atoms with Crippen LogP contribution < -0.4 is 4.74 Å². The lowest BCUT2D eigenvalue weighted by Gasteiger charge is -2.12. The molecule has 0 radical (unpaired) electrons. The molecule has 0 spiro atoms. The van der Waals surface area contributed by atoms with Gasteiger partial charge in [0.2, 0.25) is 0 Å². The zero-order valence-electron chi connectivity index (χ0n) is 18.8. The Balaban J connectivity index is 1.89. The van der Waals surface area contributed by atoms with Crippen LogP contribution in [0.1, 0.15) is 26.4 Å². The first-order valence-corrected chi connectivity index (χ1v) is 10.8. The molecule has 0 unspecified atom stereocenters. The van der Waals surface area contributed by atoms with E-state index >= 15 is 0 Å². The van der Waals surface area contributed by atoms with Crippen LogP contribution in [0.5, 0.6) is 5.75 Å². The molecule has 0 fully saturated rings. The van der Waals surface area contributed by atoms with E-state index in [1.54, 1.807) is 54.6 Å². The van der Waals surface area contributed by atoms with E-state index in [2.05, 4.69) is 5.10 Å². The number of ether oxygens (including phenoxy) is 3. The van der Waals surface area contributed by atoms with Crippen molar-refractivity contribution in [2.24, 2.45) is 0 Å². The van der Waals surface area contributed by atoms with Crippen molar-refractivity contribution in [1.29, 1.82) is 0 Å². The van der Waals surface area contributed by atoms with Gasteiger partial charge < -0.3 is 14.2 Å². The van der Waals surface area contributed by atoms with Gasteiger partial charge in [-0.3, -0.25) is 0 Å². The van der Waals surface area contributed by atoms with Crippen molar-refractivity contribution >= 4 is 23.5 Å². The Labute approximate surface area is 205 Å². The summed E-state index contributed by atoms with van der Waals surface area (Å²) >= 11 is 6.28. The minimum atomic E-state index is -0.785. The number of benzene rings is 3. The number of hydrogen-bond acceptors (Lipinski definition) is 6. The number of esters is 2. The van der Waals surface area contributed by atoms with Crippen LogP contribution in [0.15, 0.2) is 72.8 Å². The lowest BCUT2D eigenvalue weighted by Crippen LogP contribution is -2.15. The number of aromatic nitrogens is 2. The van der Waals surface area contributed by atoms with E-state index in [1.807, 2.05) is 6.07 Å². The van der Waals surface area contributed by atoms with Crippen molar-refractivity contribution in [2.75, 3.05) is 14.2 Å². The molecule has 4 aromatic rings. The highest BCUT2D eigenvalue weighted by atomic mass is 35.5. The standard InChI is InChI=1S/C26H20ClFN2O5/c1-33-25(31)22-23(29-30(24(22)26(32)34-2)19-6-4-3-5-7-19)20-14-17(27)10-13-21(20)35-15-16-8-11-18(28)12-9-16/h3-14H,15H2,1-2H3. The second-order valence-corrected chi connectivity index (χ2v) is 7.79. The Morgan fingerprint density at radius 2 is 1.63 bits per heavy atom. The molecule has 0 saturated carbocycles. The van der Waals surface area contributed by atoms with Gasteiger partial charge in [-0.25, -0.2) is 18.7 Å². The molecule has 0 amide bonds. The summed E-state index contributed by atoms with van der Waals surface area (Å²) in [6, 6.07) is 19.5. The van der Waals surface area contributed by atoms with Gasteiger partial charge in [0.05, 0.1) is 19.9 Å². The lowest BCUT2D eigenvalue weighted by molar-refractivity contribution is 0.0549. The zero-order chi connectivity index (χ0) is 24.9. The number of methoxy groups -OCH3 is 2. The van der Waals surface area contributed by atoms with E-state index in [9.17, 15) is 14.0 Å². The molecule has 0 saturated heterocycles. The Morgan fingerprint density at radius 3 is 2.29 bits per heavy atom. The van der Waals surface area contributed by atoms with Gasteiger partial charge in [0.25, 0.3) is 0 Å². The summed E-state index contributed by atoms with van der Waals surface area (Å²) in [5, 5.41) is 4.94. The topological polar surface area (TPSA) is 79.7 Å². The minimum Gasteiger partial charge on any atom is -0.488 e. The van der Waals surface area contributed by atoms with Gasteiger partial charge in [0.1, 0.15) is 29.4 Å². The highest BCUT2D eigenvalue weighted by molar-refractivity contribution is 6.31. The second-order valence-electron chi connectivity index (χ2n) is 7.36. The van der Waals surface area contributed by atoms with Crippen LogP contribution >= 0.6 is 11.6 Å². The highest BCUT2D eigenvalue weighted by Crippen LogP contribution is 2.37. The monoisotopic (exact) mass is 494 g/mol. The van der Waals surface area contributed by atoms with E-state index in [-0.39, 0.29) is 29.4 Å². The maximum atomic E-state index is 13.3. The van der Waals surface area contributed by atoms with Crippen molar-refractivity contribution in [2.45, 2.75) is 6.61 Å². The fourth-order valence-electron chi connectivity index (χ4n) is 3.50. The molecular formula is C26H20ClFN2O5. The van der Waals surface area contributed by atoms with Gasteiger partial charge in [-0.2, -0.15) is 5.10 Å². The van der Waals surface area contributed by atoms with Crippen molar-refractivity contribution < 1.29 is 28.2 Å². The van der Waals surface area contributed by atoms with E-state index < -0.39 is 11.9 Å². The van der Waals surface area contributed by atoms with E-state index in [4.69, 9.17) is 25.8 Å². The largest absolute Gasteiger partial charge is 0.488 e. The molecular weight excluding hydrogens is 475 g/mol. The van der Waals surface area contributed by atoms with E-state index in [0.717, 1.165) is 5.56 Å². The van der Waals surface area contributed by atoms with Gasteiger partial charge in [-0.1, -0.05) is 41.9 Å². The van der Waals surface area contributed by atoms with Crippen LogP contribution in [-0.2, 0) is 16.1 Å². The molecule has 4 rings (SSSR count). The molecule has 0 atom stereocenters. The molecule has 35 heavy (non-hydrogen) atoms. The van der Waals surface area contributed by atoms with Crippen LogP contribution in [0.2, 0.25) is 5.02 Å². The third-order valence-corrected chi connectivity index (χ3v) is 5.39. The molecule has 9 heteroatoms. The van der Waals surface area contributed by atoms with Crippen molar-refractivity contribution in [3.05, 3.63) is 100 Å². The number of carbonyl (C=O) groups is 2. The summed E-state index contributed by atoms with van der Waals surface area (Å²) in [6.07, 6.45) is 0. The molecule has 0 bridgehead atoms. The van der Waals surface area contributed by atoms with Gasteiger partial charge >= 0.3 is 11.9 Å². The summed E-state index contributed by atoms with van der Waals surface area (Å²) in [4.78, 5) is 25.7. The summed E-state index contributed by atoms with van der Waals surface area (Å²) in [5.74, 6) is -1.57. The van der Waals surface area contributed by atoms with Crippen LogP contribution in [-0.4, -0.2) is 35.9 Å². The average Bonchev–Trinajstić information content (AvgIpc) is 3.29. The van der Waals surface area contributed by atoms with E-state index in [1.165, 1.54) is 31.0 Å². The number of carbonyl (C=O) groups excluding carboxylic acids is 2. The first-order chi connectivity index (χ1) is 16.9. The van der Waals surface area contributed by atoms with E-state index in [0.29, 0.717) is 22.0 Å². The first-order valence-electron chi connectivity index (χ1n) is 10.4. The molecule has 178 valence electrons. The molecule has 7 nitrogen and oxygen atoms in total. The Hall–Kier alpha value is -4.17. The van der Waals surface area contributed by atoms with Crippen LogP contribution in [0.3, 0.4) is 0 Å². The third-order valence-electron chi connectivity index (χ3n) is 5.16. The third kappa shape index (κ3) is 5.02. The first kappa shape index (κ1) is 24.0. The SMILES string of the molecule is COC(=O)c1c(-c2cc(Cl)ccc2OCc2ccc(F)cc2)nn(-c2ccccc2)c1C(=O)OC. The summed E-state index contributed by atoms with van der Waals surface area (Å²) < 4.78 is 30.5. The average molecular weight is 495 g/mol. The van der Waals surface area contributed by atoms with Crippen molar-refractivity contribution in [1.82, 2.24) is 9.78 Å². The maximum Gasteiger partial charge on any atom is 0.357 e. The fraction of sp³-hybridized carbons (Fsp3) is 0.115. The Morgan fingerprint density at radius 1 is 0.943 bits per heavy atom. The minimum absolute atomic E-state index is 0.0999. The van der Waals surface area contributed by atoms with Crippen molar-refractivity contribution in [3.8, 4) is 22.7 Å². The van der Waals surface area contributed by atoms with Crippen molar-refractivity contribution in [3.63, 3.8) is 0 Å². The second kappa shape index (κ2) is 10.4.